The lowest BCUT2D eigenvalue weighted by molar-refractivity contribution is -0.136. The maximum Gasteiger partial charge on any atom is 0.240 e. The normalized spacial score (nSPS) is 18.9. The lowest BCUT2D eigenvalue weighted by Gasteiger charge is -2.36. The zero-order valence-corrected chi connectivity index (χ0v) is 12.8. The van der Waals surface area contributed by atoms with Crippen molar-refractivity contribution in [3.63, 3.8) is 0 Å². The van der Waals surface area contributed by atoms with E-state index in [0.29, 0.717) is 5.92 Å². The molecule has 1 amide bonds. The number of nitrogens with two attached hydrogens (primary N) is 1. The van der Waals surface area contributed by atoms with Gasteiger partial charge in [-0.3, -0.25) is 4.79 Å². The Kier molecular flexibility index (Phi) is 4.48. The van der Waals surface area contributed by atoms with Crippen LogP contribution in [0.15, 0.2) is 30.3 Å². The highest BCUT2D eigenvalue weighted by Gasteiger charge is 2.33. The van der Waals surface area contributed by atoms with E-state index in [9.17, 15) is 4.79 Å². The zero-order valence-electron chi connectivity index (χ0n) is 12.8. The third kappa shape index (κ3) is 3.40. The Morgan fingerprint density at radius 1 is 1.20 bits per heavy atom. The van der Waals surface area contributed by atoms with Crippen molar-refractivity contribution in [2.24, 2.45) is 11.1 Å². The maximum atomic E-state index is 12.4. The molecular formula is C17H26N2O. The van der Waals surface area contributed by atoms with E-state index in [-0.39, 0.29) is 11.3 Å². The van der Waals surface area contributed by atoms with Crippen LogP contribution in [0.25, 0.3) is 0 Å². The quantitative estimate of drug-likeness (QED) is 0.901. The summed E-state index contributed by atoms with van der Waals surface area (Å²) >= 11 is 0. The molecule has 1 aromatic rings. The summed E-state index contributed by atoms with van der Waals surface area (Å²) < 4.78 is 0. The average molecular weight is 274 g/mol. The molecule has 1 fully saturated rings. The van der Waals surface area contributed by atoms with Crippen LogP contribution in [-0.2, 0) is 4.79 Å². The SMILES string of the molecule is CC(C)(C)C(N)C(=O)N1CCC(c2ccccc2)CC1. The number of rotatable bonds is 2. The largest absolute Gasteiger partial charge is 0.341 e. The highest BCUT2D eigenvalue weighted by molar-refractivity contribution is 5.82. The van der Waals surface area contributed by atoms with Crippen LogP contribution < -0.4 is 5.73 Å². The van der Waals surface area contributed by atoms with Gasteiger partial charge in [-0.2, -0.15) is 0 Å². The Morgan fingerprint density at radius 2 is 1.75 bits per heavy atom. The Hall–Kier alpha value is -1.35. The summed E-state index contributed by atoms with van der Waals surface area (Å²) in [7, 11) is 0. The highest BCUT2D eigenvalue weighted by Crippen LogP contribution is 2.29. The predicted octanol–water partition coefficient (Wildman–Crippen LogP) is 2.77. The molecule has 0 spiro atoms. The van der Waals surface area contributed by atoms with Gasteiger partial charge in [-0.05, 0) is 29.7 Å². The van der Waals surface area contributed by atoms with Gasteiger partial charge in [0.15, 0.2) is 0 Å². The predicted molar refractivity (Wildman–Crippen MR) is 82.4 cm³/mol. The van der Waals surface area contributed by atoms with E-state index in [2.05, 4.69) is 24.3 Å². The van der Waals surface area contributed by atoms with Crippen molar-refractivity contribution in [3.8, 4) is 0 Å². The Bertz CT molecular complexity index is 442. The minimum absolute atomic E-state index is 0.101. The van der Waals surface area contributed by atoms with E-state index < -0.39 is 6.04 Å². The number of hydrogen-bond donors (Lipinski definition) is 1. The van der Waals surface area contributed by atoms with Crippen molar-refractivity contribution in [1.29, 1.82) is 0 Å². The van der Waals surface area contributed by atoms with Crippen LogP contribution >= 0.6 is 0 Å². The van der Waals surface area contributed by atoms with E-state index >= 15 is 0 Å². The number of likely N-dealkylation sites (tertiary alicyclic amines) is 1. The number of carbonyl (C=O) groups is 1. The molecule has 1 atom stereocenters. The number of benzene rings is 1. The molecule has 1 saturated heterocycles. The van der Waals surface area contributed by atoms with E-state index in [1.807, 2.05) is 31.7 Å². The lowest BCUT2D eigenvalue weighted by atomic mass is 9.85. The lowest BCUT2D eigenvalue weighted by Crippen LogP contribution is -2.52. The molecule has 0 bridgehead atoms. The third-order valence-electron chi connectivity index (χ3n) is 4.28. The fourth-order valence-corrected chi connectivity index (χ4v) is 2.73. The molecular weight excluding hydrogens is 248 g/mol. The molecule has 1 heterocycles. The fourth-order valence-electron chi connectivity index (χ4n) is 2.73. The molecule has 1 aliphatic rings. The van der Waals surface area contributed by atoms with Gasteiger partial charge < -0.3 is 10.6 Å². The summed E-state index contributed by atoms with van der Waals surface area (Å²) in [6.07, 6.45) is 2.07. The van der Waals surface area contributed by atoms with Gasteiger partial charge in [0.2, 0.25) is 5.91 Å². The van der Waals surface area contributed by atoms with E-state index in [4.69, 9.17) is 5.73 Å². The van der Waals surface area contributed by atoms with Crippen LogP contribution in [0, 0.1) is 5.41 Å². The molecule has 1 aliphatic heterocycles. The molecule has 0 radical (unpaired) electrons. The first-order chi connectivity index (χ1) is 9.39. The van der Waals surface area contributed by atoms with Crippen LogP contribution in [0.1, 0.15) is 45.1 Å². The van der Waals surface area contributed by atoms with Crippen LogP contribution in [0.2, 0.25) is 0 Å². The minimum atomic E-state index is -0.407. The number of hydrogen-bond acceptors (Lipinski definition) is 2. The molecule has 0 aromatic heterocycles. The number of amides is 1. The van der Waals surface area contributed by atoms with Crippen molar-refractivity contribution in [1.82, 2.24) is 4.90 Å². The highest BCUT2D eigenvalue weighted by atomic mass is 16.2. The minimum Gasteiger partial charge on any atom is -0.341 e. The topological polar surface area (TPSA) is 46.3 Å². The summed E-state index contributed by atoms with van der Waals surface area (Å²) in [6, 6.07) is 10.2. The third-order valence-corrected chi connectivity index (χ3v) is 4.28. The van der Waals surface area contributed by atoms with Gasteiger partial charge in [0.25, 0.3) is 0 Å². The van der Waals surface area contributed by atoms with Gasteiger partial charge in [-0.25, -0.2) is 0 Å². The van der Waals surface area contributed by atoms with Gasteiger partial charge in [-0.15, -0.1) is 0 Å². The van der Waals surface area contributed by atoms with Crippen molar-refractivity contribution in [2.45, 2.75) is 45.6 Å². The second-order valence-electron chi connectivity index (χ2n) is 6.85. The maximum absolute atomic E-state index is 12.4. The second kappa shape index (κ2) is 5.96. The second-order valence-corrected chi connectivity index (χ2v) is 6.85. The van der Waals surface area contributed by atoms with Gasteiger partial charge in [0.1, 0.15) is 0 Å². The monoisotopic (exact) mass is 274 g/mol. The smallest absolute Gasteiger partial charge is 0.240 e. The molecule has 1 unspecified atom stereocenters. The molecule has 20 heavy (non-hydrogen) atoms. The Morgan fingerprint density at radius 3 is 2.25 bits per heavy atom. The van der Waals surface area contributed by atoms with E-state index in [1.54, 1.807) is 0 Å². The van der Waals surface area contributed by atoms with Crippen molar-refractivity contribution in [2.75, 3.05) is 13.1 Å². The van der Waals surface area contributed by atoms with Crippen LogP contribution in [0.5, 0.6) is 0 Å². The summed E-state index contributed by atoms with van der Waals surface area (Å²) in [5.41, 5.74) is 7.30. The van der Waals surface area contributed by atoms with Crippen molar-refractivity contribution >= 4 is 5.91 Å². The van der Waals surface area contributed by atoms with Crippen LogP contribution in [-0.4, -0.2) is 29.9 Å². The summed E-state index contributed by atoms with van der Waals surface area (Å²) in [5.74, 6) is 0.676. The van der Waals surface area contributed by atoms with Gasteiger partial charge >= 0.3 is 0 Å². The Labute approximate surface area is 122 Å². The van der Waals surface area contributed by atoms with E-state index in [0.717, 1.165) is 25.9 Å². The van der Waals surface area contributed by atoms with Crippen LogP contribution in [0.3, 0.4) is 0 Å². The van der Waals surface area contributed by atoms with E-state index in [1.165, 1.54) is 5.56 Å². The van der Waals surface area contributed by atoms with Crippen molar-refractivity contribution < 1.29 is 4.79 Å². The molecule has 2 N–H and O–H groups in total. The molecule has 3 heteroatoms. The van der Waals surface area contributed by atoms with Crippen molar-refractivity contribution in [3.05, 3.63) is 35.9 Å². The first-order valence-electron chi connectivity index (χ1n) is 7.49. The average Bonchev–Trinajstić information content (AvgIpc) is 2.46. The number of piperidine rings is 1. The molecule has 1 aromatic carbocycles. The first kappa shape index (κ1) is 15.0. The molecule has 0 aliphatic carbocycles. The first-order valence-corrected chi connectivity index (χ1v) is 7.49. The fraction of sp³-hybridized carbons (Fsp3) is 0.588. The Balaban J connectivity index is 1.93. The summed E-state index contributed by atoms with van der Waals surface area (Å²) in [5, 5.41) is 0. The number of nitrogens with zero attached hydrogens (tertiary/aromatic N) is 1. The van der Waals surface area contributed by atoms with Crippen LogP contribution in [0.4, 0.5) is 0 Å². The van der Waals surface area contributed by atoms with Gasteiger partial charge in [0.05, 0.1) is 6.04 Å². The van der Waals surface area contributed by atoms with Gasteiger partial charge in [-0.1, -0.05) is 51.1 Å². The summed E-state index contributed by atoms with van der Waals surface area (Å²) in [4.78, 5) is 14.3. The molecule has 0 saturated carbocycles. The molecule has 110 valence electrons. The molecule has 2 rings (SSSR count). The van der Waals surface area contributed by atoms with Gasteiger partial charge in [0, 0.05) is 13.1 Å². The zero-order chi connectivity index (χ0) is 14.8. The number of carbonyl (C=O) groups excluding carboxylic acids is 1. The summed E-state index contributed by atoms with van der Waals surface area (Å²) in [6.45, 7) is 7.70. The molecule has 3 nitrogen and oxygen atoms in total. The standard InChI is InChI=1S/C17H26N2O/c1-17(2,3)15(18)16(20)19-11-9-14(10-12-19)13-7-5-4-6-8-13/h4-8,14-15H,9-12,18H2,1-3H3.